The van der Waals surface area contributed by atoms with Crippen LogP contribution in [0.1, 0.15) is 6.42 Å². The Hall–Kier alpha value is -5.16. The van der Waals surface area contributed by atoms with E-state index in [1.807, 2.05) is 35.2 Å². The molecule has 2 saturated heterocycles. The minimum atomic E-state index is -0.163. The van der Waals surface area contributed by atoms with Gasteiger partial charge in [-0.2, -0.15) is 5.10 Å². The average Bonchev–Trinajstić information content (AvgIpc) is 3.73. The predicted molar refractivity (Wildman–Crippen MR) is 169 cm³/mol. The maximum atomic E-state index is 13.2. The molecule has 0 saturated carbocycles. The van der Waals surface area contributed by atoms with Gasteiger partial charge in [0.2, 0.25) is 11.8 Å². The summed E-state index contributed by atoms with van der Waals surface area (Å²) in [6, 6.07) is 17.9. The van der Waals surface area contributed by atoms with Crippen molar-refractivity contribution in [2.45, 2.75) is 6.42 Å². The van der Waals surface area contributed by atoms with Crippen LogP contribution in [0.5, 0.6) is 0 Å². The van der Waals surface area contributed by atoms with Gasteiger partial charge in [0.25, 0.3) is 0 Å². The van der Waals surface area contributed by atoms with Crippen LogP contribution in [0.25, 0.3) is 33.4 Å². The number of anilines is 2. The van der Waals surface area contributed by atoms with Gasteiger partial charge < -0.3 is 15.1 Å². The molecule has 2 N–H and O–H groups in total. The van der Waals surface area contributed by atoms with Gasteiger partial charge in [-0.1, -0.05) is 12.1 Å². The molecule has 5 aromatic rings. The largest absolute Gasteiger partial charge is 0.368 e. The van der Waals surface area contributed by atoms with E-state index in [0.717, 1.165) is 70.8 Å². The quantitative estimate of drug-likeness (QED) is 0.296. The number of hydrogen-bond acceptors (Lipinski definition) is 8. The molecule has 2 amide bonds. The molecular formula is C33H33N9O2. The van der Waals surface area contributed by atoms with E-state index in [4.69, 9.17) is 0 Å². The van der Waals surface area contributed by atoms with Crippen molar-refractivity contribution in [1.82, 2.24) is 34.9 Å². The number of rotatable bonds is 7. The van der Waals surface area contributed by atoms with Crippen molar-refractivity contribution in [3.63, 3.8) is 0 Å². The molecule has 2 fully saturated rings. The van der Waals surface area contributed by atoms with Gasteiger partial charge in [-0.15, -0.1) is 0 Å². The number of nitrogens with zero attached hydrogens (tertiary/aromatic N) is 7. The number of likely N-dealkylation sites (tertiary alicyclic amines) is 1. The number of nitrogens with one attached hydrogen (secondary N) is 2. The van der Waals surface area contributed by atoms with E-state index in [2.05, 4.69) is 64.5 Å². The number of aromatic amines is 1. The van der Waals surface area contributed by atoms with E-state index in [0.29, 0.717) is 26.2 Å². The lowest BCUT2D eigenvalue weighted by molar-refractivity contribution is -0.132. The van der Waals surface area contributed by atoms with Crippen molar-refractivity contribution in [1.29, 1.82) is 0 Å². The Morgan fingerprint density at radius 2 is 1.68 bits per heavy atom. The highest BCUT2D eigenvalue weighted by Gasteiger charge is 2.31. The first-order valence-electron chi connectivity index (χ1n) is 14.9. The number of carbonyl (C=O) groups is 2. The highest BCUT2D eigenvalue weighted by molar-refractivity contribution is 5.99. The summed E-state index contributed by atoms with van der Waals surface area (Å²) in [5, 5.41) is 11.5. The Kier molecular flexibility index (Phi) is 7.68. The van der Waals surface area contributed by atoms with Gasteiger partial charge in [-0.3, -0.25) is 34.5 Å². The first kappa shape index (κ1) is 27.7. The summed E-state index contributed by atoms with van der Waals surface area (Å²) in [5.41, 5.74) is 6.43. The van der Waals surface area contributed by atoms with Crippen molar-refractivity contribution in [2.75, 3.05) is 56.0 Å². The van der Waals surface area contributed by atoms with Gasteiger partial charge in [-0.25, -0.2) is 0 Å². The maximum Gasteiger partial charge on any atom is 0.236 e. The minimum Gasteiger partial charge on any atom is -0.368 e. The minimum absolute atomic E-state index is 0.0211. The van der Waals surface area contributed by atoms with Crippen LogP contribution in [0.4, 0.5) is 11.4 Å². The van der Waals surface area contributed by atoms with Crippen LogP contribution < -0.4 is 10.2 Å². The van der Waals surface area contributed by atoms with Crippen LogP contribution in [-0.2, 0) is 9.59 Å². The van der Waals surface area contributed by atoms with E-state index in [1.165, 1.54) is 0 Å². The van der Waals surface area contributed by atoms with Crippen molar-refractivity contribution in [3.05, 3.63) is 85.6 Å². The predicted octanol–water partition coefficient (Wildman–Crippen LogP) is 3.69. The lowest BCUT2D eigenvalue weighted by Gasteiger charge is -2.36. The molecule has 0 aliphatic carbocycles. The summed E-state index contributed by atoms with van der Waals surface area (Å²) >= 11 is 0. The number of H-pyrrole nitrogens is 1. The SMILES string of the molecule is O=C(Nc1ccc2[nH]nc(-c3ccncc3)c2c1)[C@@H]1CCN(CC(=O)N2CCN(c3ccc(-c4cnccn4)cc3)CC2)C1. The molecular weight excluding hydrogens is 554 g/mol. The third kappa shape index (κ3) is 5.86. The van der Waals surface area contributed by atoms with Crippen LogP contribution in [0, 0.1) is 5.92 Å². The molecule has 2 aliphatic rings. The fourth-order valence-corrected chi connectivity index (χ4v) is 6.05. The zero-order valence-corrected chi connectivity index (χ0v) is 24.3. The normalized spacial score (nSPS) is 17.2. The van der Waals surface area contributed by atoms with Crippen molar-refractivity contribution in [3.8, 4) is 22.5 Å². The van der Waals surface area contributed by atoms with Gasteiger partial charge in [0.05, 0.1) is 29.9 Å². The van der Waals surface area contributed by atoms with Gasteiger partial charge in [0.1, 0.15) is 5.69 Å². The standard InChI is InChI=1S/C33H33N9O2/c43-31(42-17-15-41(16-18-42)27-4-1-23(2-5-27)30-20-35-12-13-36-30)22-40-14-9-25(21-40)33(44)37-26-3-6-29-28(19-26)32(39-38-29)24-7-10-34-11-8-24/h1-8,10-13,19-20,25H,9,14-18,21-22H2,(H,37,44)(H,38,39)/t25-/m1/s1. The molecule has 11 heteroatoms. The molecule has 0 bridgehead atoms. The molecule has 3 aromatic heterocycles. The summed E-state index contributed by atoms with van der Waals surface area (Å²) in [6.07, 6.45) is 9.33. The van der Waals surface area contributed by atoms with Gasteiger partial charge in [0, 0.05) is 85.4 Å². The van der Waals surface area contributed by atoms with E-state index in [1.54, 1.807) is 31.0 Å². The number of carbonyl (C=O) groups excluding carboxylic acids is 2. The van der Waals surface area contributed by atoms with E-state index >= 15 is 0 Å². The van der Waals surface area contributed by atoms with Crippen LogP contribution in [-0.4, -0.2) is 92.6 Å². The molecule has 0 radical (unpaired) electrons. The highest BCUT2D eigenvalue weighted by atomic mass is 16.2. The number of aromatic nitrogens is 5. The molecule has 222 valence electrons. The Labute approximate surface area is 254 Å². The first-order valence-corrected chi connectivity index (χ1v) is 14.9. The zero-order valence-electron chi connectivity index (χ0n) is 24.3. The molecule has 11 nitrogen and oxygen atoms in total. The second-order valence-electron chi connectivity index (χ2n) is 11.3. The number of pyridine rings is 1. The topological polar surface area (TPSA) is 123 Å². The second-order valence-corrected chi connectivity index (χ2v) is 11.3. The molecule has 0 unspecified atom stereocenters. The van der Waals surface area contributed by atoms with Crippen LogP contribution >= 0.6 is 0 Å². The van der Waals surface area contributed by atoms with Crippen molar-refractivity contribution >= 4 is 34.1 Å². The van der Waals surface area contributed by atoms with Gasteiger partial charge in [-0.05, 0) is 55.4 Å². The Bertz CT molecular complexity index is 1750. The molecule has 44 heavy (non-hydrogen) atoms. The lowest BCUT2D eigenvalue weighted by atomic mass is 10.1. The lowest BCUT2D eigenvalue weighted by Crippen LogP contribution is -2.51. The maximum absolute atomic E-state index is 13.2. The van der Waals surface area contributed by atoms with E-state index < -0.39 is 0 Å². The number of fused-ring (bicyclic) bond motifs is 1. The van der Waals surface area contributed by atoms with Crippen LogP contribution in [0.2, 0.25) is 0 Å². The van der Waals surface area contributed by atoms with Gasteiger partial charge in [0.15, 0.2) is 0 Å². The number of amides is 2. The molecule has 0 spiro atoms. The summed E-state index contributed by atoms with van der Waals surface area (Å²) in [6.45, 7) is 4.57. The number of piperazine rings is 1. The summed E-state index contributed by atoms with van der Waals surface area (Å²) in [7, 11) is 0. The highest BCUT2D eigenvalue weighted by Crippen LogP contribution is 2.29. The first-order chi connectivity index (χ1) is 21.6. The molecule has 2 aliphatic heterocycles. The van der Waals surface area contributed by atoms with Gasteiger partial charge >= 0.3 is 0 Å². The Morgan fingerprint density at radius 1 is 0.864 bits per heavy atom. The number of hydrogen-bond donors (Lipinski definition) is 2. The Morgan fingerprint density at radius 3 is 2.45 bits per heavy atom. The van der Waals surface area contributed by atoms with Crippen molar-refractivity contribution in [2.24, 2.45) is 5.92 Å². The fraction of sp³-hybridized carbons (Fsp3) is 0.273. The summed E-state index contributed by atoms with van der Waals surface area (Å²) in [5.74, 6) is -0.0610. The fourth-order valence-electron chi connectivity index (χ4n) is 6.05. The molecule has 1 atom stereocenters. The zero-order chi connectivity index (χ0) is 29.9. The summed E-state index contributed by atoms with van der Waals surface area (Å²) in [4.78, 5) is 45.3. The van der Waals surface area contributed by atoms with Crippen LogP contribution in [0.15, 0.2) is 85.6 Å². The molecule has 2 aromatic carbocycles. The number of benzene rings is 2. The van der Waals surface area contributed by atoms with Crippen molar-refractivity contribution < 1.29 is 9.59 Å². The Balaban J connectivity index is 0.897. The molecule has 7 rings (SSSR count). The average molecular weight is 588 g/mol. The van der Waals surface area contributed by atoms with E-state index in [9.17, 15) is 9.59 Å². The van der Waals surface area contributed by atoms with E-state index in [-0.39, 0.29) is 17.7 Å². The second kappa shape index (κ2) is 12.2. The summed E-state index contributed by atoms with van der Waals surface area (Å²) < 4.78 is 0. The third-order valence-electron chi connectivity index (χ3n) is 8.51. The third-order valence-corrected chi connectivity index (χ3v) is 8.51. The van der Waals surface area contributed by atoms with Crippen LogP contribution in [0.3, 0.4) is 0 Å². The smallest absolute Gasteiger partial charge is 0.236 e. The molecule has 5 heterocycles. The monoisotopic (exact) mass is 587 g/mol.